The van der Waals surface area contributed by atoms with Gasteiger partial charge in [0.05, 0.1) is 6.61 Å². The summed E-state index contributed by atoms with van der Waals surface area (Å²) in [6.45, 7) is 0.0518. The number of hydrogen-bond acceptors (Lipinski definition) is 3. The second-order valence-corrected chi connectivity index (χ2v) is 3.07. The van der Waals surface area contributed by atoms with Gasteiger partial charge in [0.2, 0.25) is 0 Å². The largest absolute Gasteiger partial charge is 0.390 e. The maximum absolute atomic E-state index is 8.48. The maximum atomic E-state index is 8.48. The molecule has 0 saturated heterocycles. The molecule has 46 valence electrons. The zero-order chi connectivity index (χ0) is 5.98. The molecule has 0 aromatic rings. The molecule has 1 atom stereocenters. The van der Waals surface area contributed by atoms with Crippen LogP contribution in [-0.2, 0) is 0 Å². The molecule has 1 rings (SSSR count). The minimum absolute atomic E-state index is 0.0518. The number of halogens is 1. The van der Waals surface area contributed by atoms with Crippen LogP contribution in [0.2, 0.25) is 0 Å². The number of alkyl halides is 1. The monoisotopic (exact) mass is 151 g/mol. The molecule has 1 unspecified atom stereocenters. The molecule has 0 saturated carbocycles. The van der Waals surface area contributed by atoms with Gasteiger partial charge in [-0.25, -0.2) is 0 Å². The molecular formula is C4H6ClNOS. The highest BCUT2D eigenvalue weighted by atomic mass is 35.5. The predicted molar refractivity (Wildman–Crippen MR) is 35.5 cm³/mol. The number of hydrogen-bond donors (Lipinski definition) is 2. The van der Waals surface area contributed by atoms with Crippen molar-refractivity contribution in [2.75, 3.05) is 6.61 Å². The van der Waals surface area contributed by atoms with Gasteiger partial charge in [0, 0.05) is 5.70 Å². The lowest BCUT2D eigenvalue weighted by atomic mass is 10.5. The topological polar surface area (TPSA) is 32.3 Å². The van der Waals surface area contributed by atoms with E-state index in [4.69, 9.17) is 16.7 Å². The van der Waals surface area contributed by atoms with Crippen LogP contribution in [0.15, 0.2) is 11.1 Å². The fraction of sp³-hybridized carbons (Fsp3) is 0.500. The summed E-state index contributed by atoms with van der Waals surface area (Å²) in [5.41, 5.74) is 0.801. The van der Waals surface area contributed by atoms with Gasteiger partial charge in [-0.1, -0.05) is 23.4 Å². The van der Waals surface area contributed by atoms with Crippen LogP contribution in [0.5, 0.6) is 0 Å². The van der Waals surface area contributed by atoms with Crippen LogP contribution in [0.25, 0.3) is 0 Å². The molecule has 2 nitrogen and oxygen atoms in total. The first-order chi connectivity index (χ1) is 3.83. The summed E-state index contributed by atoms with van der Waals surface area (Å²) in [5.74, 6) is 0. The van der Waals surface area contributed by atoms with Crippen LogP contribution in [0, 0.1) is 0 Å². The molecular weight excluding hydrogens is 146 g/mol. The number of aliphatic hydroxyl groups excluding tert-OH is 1. The molecule has 0 spiro atoms. The zero-order valence-corrected chi connectivity index (χ0v) is 5.67. The molecule has 0 aromatic carbocycles. The summed E-state index contributed by atoms with van der Waals surface area (Å²) in [6, 6.07) is 0. The van der Waals surface area contributed by atoms with E-state index in [9.17, 15) is 0 Å². The summed E-state index contributed by atoms with van der Waals surface area (Å²) in [5, 5.41) is 13.1. The third-order valence-corrected chi connectivity index (χ3v) is 1.99. The first-order valence-electron chi connectivity index (χ1n) is 2.19. The number of thioether (sulfide) groups is 1. The molecule has 2 N–H and O–H groups in total. The van der Waals surface area contributed by atoms with Gasteiger partial charge in [0.1, 0.15) is 0 Å². The van der Waals surface area contributed by atoms with Crippen molar-refractivity contribution in [3.63, 3.8) is 0 Å². The van der Waals surface area contributed by atoms with Crippen LogP contribution in [0.3, 0.4) is 0 Å². The molecule has 0 aliphatic carbocycles. The van der Waals surface area contributed by atoms with Gasteiger partial charge in [0.15, 0.2) is 4.83 Å². The fourth-order valence-corrected chi connectivity index (χ4v) is 1.38. The SMILES string of the molecule is OCC1=CSC(Cl)N1. The van der Waals surface area contributed by atoms with Crippen LogP contribution >= 0.6 is 23.4 Å². The van der Waals surface area contributed by atoms with Crippen LogP contribution in [0.1, 0.15) is 0 Å². The summed E-state index contributed by atoms with van der Waals surface area (Å²) in [7, 11) is 0. The van der Waals surface area contributed by atoms with Crippen molar-refractivity contribution in [1.29, 1.82) is 0 Å². The number of aliphatic hydroxyl groups is 1. The Kier molecular flexibility index (Phi) is 2.05. The van der Waals surface area contributed by atoms with Gasteiger partial charge in [0.25, 0.3) is 0 Å². The smallest absolute Gasteiger partial charge is 0.152 e. The molecule has 0 fully saturated rings. The lowest BCUT2D eigenvalue weighted by molar-refractivity contribution is 0.324. The zero-order valence-electron chi connectivity index (χ0n) is 4.10. The molecule has 4 heteroatoms. The molecule has 0 aromatic heterocycles. The van der Waals surface area contributed by atoms with Gasteiger partial charge >= 0.3 is 0 Å². The van der Waals surface area contributed by atoms with E-state index in [1.54, 1.807) is 0 Å². The summed E-state index contributed by atoms with van der Waals surface area (Å²) in [4.78, 5) is -0.0860. The van der Waals surface area contributed by atoms with Gasteiger partial charge in [-0.15, -0.1) is 0 Å². The Morgan fingerprint density at radius 1 is 2.00 bits per heavy atom. The molecule has 0 amide bonds. The van der Waals surface area contributed by atoms with E-state index in [1.807, 2.05) is 5.41 Å². The minimum atomic E-state index is -0.0860. The average molecular weight is 152 g/mol. The molecule has 0 bridgehead atoms. The van der Waals surface area contributed by atoms with Gasteiger partial charge < -0.3 is 10.4 Å². The normalized spacial score (nSPS) is 27.2. The van der Waals surface area contributed by atoms with Crippen molar-refractivity contribution >= 4 is 23.4 Å². The maximum Gasteiger partial charge on any atom is 0.152 e. The van der Waals surface area contributed by atoms with Crippen molar-refractivity contribution in [2.45, 2.75) is 4.83 Å². The first-order valence-corrected chi connectivity index (χ1v) is 3.57. The van der Waals surface area contributed by atoms with Crippen molar-refractivity contribution in [1.82, 2.24) is 5.32 Å². The van der Waals surface area contributed by atoms with Gasteiger partial charge in [-0.2, -0.15) is 0 Å². The van der Waals surface area contributed by atoms with Crippen LogP contribution < -0.4 is 5.32 Å². The van der Waals surface area contributed by atoms with Crippen molar-refractivity contribution in [3.05, 3.63) is 11.1 Å². The Morgan fingerprint density at radius 3 is 3.00 bits per heavy atom. The fourth-order valence-electron chi connectivity index (χ4n) is 0.439. The lowest BCUT2D eigenvalue weighted by Crippen LogP contribution is -2.15. The third-order valence-electron chi connectivity index (χ3n) is 0.799. The summed E-state index contributed by atoms with van der Waals surface area (Å²) in [6.07, 6.45) is 0. The second-order valence-electron chi connectivity index (χ2n) is 1.40. The quantitative estimate of drug-likeness (QED) is 0.427. The first kappa shape index (κ1) is 6.26. The molecule has 8 heavy (non-hydrogen) atoms. The molecule has 1 aliphatic heterocycles. The second kappa shape index (κ2) is 2.62. The summed E-state index contributed by atoms with van der Waals surface area (Å²) >= 11 is 7.04. The van der Waals surface area contributed by atoms with E-state index in [0.717, 1.165) is 5.70 Å². The molecule has 0 radical (unpaired) electrons. The van der Waals surface area contributed by atoms with Crippen molar-refractivity contribution in [3.8, 4) is 0 Å². The summed E-state index contributed by atoms with van der Waals surface area (Å²) < 4.78 is 0. The Labute approximate surface area is 56.9 Å². The Hall–Kier alpha value is 0.140. The van der Waals surface area contributed by atoms with E-state index in [1.165, 1.54) is 11.8 Å². The molecule has 1 aliphatic rings. The lowest BCUT2D eigenvalue weighted by Gasteiger charge is -2.00. The molecule has 1 heterocycles. The van der Waals surface area contributed by atoms with Gasteiger partial charge in [-0.05, 0) is 5.41 Å². The van der Waals surface area contributed by atoms with E-state index in [2.05, 4.69) is 5.32 Å². The Morgan fingerprint density at radius 2 is 2.75 bits per heavy atom. The van der Waals surface area contributed by atoms with E-state index >= 15 is 0 Å². The highest BCUT2D eigenvalue weighted by Crippen LogP contribution is 2.22. The predicted octanol–water partition coefficient (Wildman–Crippen LogP) is 0.679. The van der Waals surface area contributed by atoms with Crippen LogP contribution in [-0.4, -0.2) is 16.5 Å². The standard InChI is InChI=1S/C4H6ClNOS/c5-4-6-3(1-7)2-8-4/h2,4,6-7H,1H2. The Balaban J connectivity index is 2.37. The Bertz CT molecular complexity index is 117. The highest BCUT2D eigenvalue weighted by molar-refractivity contribution is 8.04. The van der Waals surface area contributed by atoms with E-state index < -0.39 is 0 Å². The van der Waals surface area contributed by atoms with E-state index in [0.29, 0.717) is 0 Å². The van der Waals surface area contributed by atoms with Crippen LogP contribution in [0.4, 0.5) is 0 Å². The van der Waals surface area contributed by atoms with Crippen molar-refractivity contribution in [2.24, 2.45) is 0 Å². The van der Waals surface area contributed by atoms with Crippen molar-refractivity contribution < 1.29 is 5.11 Å². The minimum Gasteiger partial charge on any atom is -0.390 e. The average Bonchev–Trinajstić information content (AvgIpc) is 2.14. The van der Waals surface area contributed by atoms with Gasteiger partial charge in [-0.3, -0.25) is 0 Å². The van der Waals surface area contributed by atoms with E-state index in [-0.39, 0.29) is 11.4 Å². The number of rotatable bonds is 1. The number of nitrogens with one attached hydrogen (secondary N) is 1. The third kappa shape index (κ3) is 1.31. The highest BCUT2D eigenvalue weighted by Gasteiger charge is 2.10.